The summed E-state index contributed by atoms with van der Waals surface area (Å²) >= 11 is 2.03. The Morgan fingerprint density at radius 3 is 2.11 bits per heavy atom. The van der Waals surface area contributed by atoms with Crippen molar-refractivity contribution in [3.63, 3.8) is 0 Å². The SMILES string of the molecule is Cc1cc2c3c(c1)C(CCc1ccc(C(C)(C)C)cc1)c1ccc(C(C)(C)C)cc1B3c1sc(-c3ccccc3)c3cccc-2c13. The van der Waals surface area contributed by atoms with E-state index in [2.05, 4.69) is 152 Å². The second-order valence-corrected chi connectivity index (χ2v) is 16.8. The molecule has 1 unspecified atom stereocenters. The third-order valence-corrected chi connectivity index (χ3v) is 11.9. The van der Waals surface area contributed by atoms with Crippen LogP contribution in [0.2, 0.25) is 0 Å². The summed E-state index contributed by atoms with van der Waals surface area (Å²) in [5.74, 6) is 0.366. The Balaban J connectivity index is 1.34. The van der Waals surface area contributed by atoms with Crippen LogP contribution in [0.25, 0.3) is 32.3 Å². The molecule has 0 bridgehead atoms. The lowest BCUT2D eigenvalue weighted by Gasteiger charge is -2.38. The van der Waals surface area contributed by atoms with Gasteiger partial charge < -0.3 is 0 Å². The molecule has 2 aliphatic heterocycles. The van der Waals surface area contributed by atoms with Crippen molar-refractivity contribution in [3.8, 4) is 21.6 Å². The zero-order valence-corrected chi connectivity index (χ0v) is 29.1. The Labute approximate surface area is 279 Å². The first kappa shape index (κ1) is 29.5. The molecule has 2 heteroatoms. The standard InChI is InChI=1S/C44H43BS/c1-27-24-36-32(22-18-28-16-19-30(20-17-28)43(2,3)4)33-23-21-31(44(5,6)7)26-38(33)45-40(36)37(25-27)34-14-11-15-35-39(34)42(45)46-41(35)29-12-9-8-10-13-29/h8-17,19-21,23-26,32H,18,22H2,1-7H3. The smallest absolute Gasteiger partial charge is 0.148 e. The van der Waals surface area contributed by atoms with Crippen molar-refractivity contribution in [2.45, 2.75) is 78.1 Å². The average molecular weight is 615 g/mol. The monoisotopic (exact) mass is 614 g/mol. The van der Waals surface area contributed by atoms with E-state index in [1.807, 2.05) is 11.3 Å². The molecule has 0 saturated heterocycles. The minimum atomic E-state index is 0.0856. The number of fused-ring (bicyclic) bond motifs is 4. The molecule has 5 aromatic carbocycles. The van der Waals surface area contributed by atoms with Crippen molar-refractivity contribution >= 4 is 44.5 Å². The molecule has 46 heavy (non-hydrogen) atoms. The summed E-state index contributed by atoms with van der Waals surface area (Å²) in [6, 6.07) is 40.0. The van der Waals surface area contributed by atoms with Gasteiger partial charge in [0.2, 0.25) is 0 Å². The van der Waals surface area contributed by atoms with E-state index in [1.165, 1.54) is 70.4 Å². The van der Waals surface area contributed by atoms with Gasteiger partial charge in [0.05, 0.1) is 0 Å². The summed E-state index contributed by atoms with van der Waals surface area (Å²) in [5, 5.41) is 2.86. The number of rotatable bonds is 4. The molecule has 228 valence electrons. The van der Waals surface area contributed by atoms with Crippen molar-refractivity contribution in [1.29, 1.82) is 0 Å². The highest BCUT2D eigenvalue weighted by Crippen LogP contribution is 2.44. The van der Waals surface area contributed by atoms with Crippen LogP contribution in [0.3, 0.4) is 0 Å². The number of benzene rings is 5. The van der Waals surface area contributed by atoms with Gasteiger partial charge in [-0.1, -0.05) is 161 Å². The number of hydrogen-bond acceptors (Lipinski definition) is 1. The summed E-state index contributed by atoms with van der Waals surface area (Å²) < 4.78 is 1.52. The molecule has 0 spiro atoms. The van der Waals surface area contributed by atoms with Gasteiger partial charge in [-0.3, -0.25) is 0 Å². The molecular weight excluding hydrogens is 571 g/mol. The molecule has 0 N–H and O–H groups in total. The van der Waals surface area contributed by atoms with Gasteiger partial charge in [-0.15, -0.1) is 11.3 Å². The van der Waals surface area contributed by atoms with Gasteiger partial charge in [-0.2, -0.15) is 0 Å². The fourth-order valence-electron chi connectivity index (χ4n) is 8.11. The highest BCUT2D eigenvalue weighted by Gasteiger charge is 2.43. The zero-order valence-electron chi connectivity index (χ0n) is 28.3. The molecule has 1 aromatic heterocycles. The maximum atomic E-state index is 2.58. The van der Waals surface area contributed by atoms with Gasteiger partial charge in [0.15, 0.2) is 0 Å². The third-order valence-electron chi connectivity index (χ3n) is 10.6. The van der Waals surface area contributed by atoms with Gasteiger partial charge in [-0.25, -0.2) is 0 Å². The topological polar surface area (TPSA) is 0 Å². The van der Waals surface area contributed by atoms with Crippen molar-refractivity contribution in [2.24, 2.45) is 0 Å². The van der Waals surface area contributed by atoms with E-state index in [9.17, 15) is 0 Å². The zero-order chi connectivity index (χ0) is 32.0. The predicted molar refractivity (Wildman–Crippen MR) is 203 cm³/mol. The van der Waals surface area contributed by atoms with Gasteiger partial charge >= 0.3 is 0 Å². The van der Waals surface area contributed by atoms with Crippen LogP contribution in [-0.4, -0.2) is 6.71 Å². The fraction of sp³-hybridized carbons (Fsp3) is 0.273. The summed E-state index contributed by atoms with van der Waals surface area (Å²) in [7, 11) is 0. The molecule has 6 aromatic rings. The number of hydrogen-bond donors (Lipinski definition) is 0. The van der Waals surface area contributed by atoms with Crippen molar-refractivity contribution in [2.75, 3.05) is 0 Å². The van der Waals surface area contributed by atoms with Crippen LogP contribution in [0.1, 0.15) is 87.3 Å². The van der Waals surface area contributed by atoms with Crippen molar-refractivity contribution in [3.05, 3.63) is 137 Å². The minimum Gasteiger partial charge on any atom is -0.148 e. The van der Waals surface area contributed by atoms with Crippen LogP contribution in [-0.2, 0) is 17.3 Å². The lowest BCUT2D eigenvalue weighted by Crippen LogP contribution is -2.59. The Morgan fingerprint density at radius 1 is 0.674 bits per heavy atom. The molecule has 0 aliphatic carbocycles. The van der Waals surface area contributed by atoms with Crippen molar-refractivity contribution < 1.29 is 0 Å². The van der Waals surface area contributed by atoms with Crippen LogP contribution < -0.4 is 15.7 Å². The lowest BCUT2D eigenvalue weighted by molar-refractivity contribution is 0.589. The highest BCUT2D eigenvalue weighted by atomic mass is 32.1. The highest BCUT2D eigenvalue weighted by molar-refractivity contribution is 7.32. The Bertz CT molecular complexity index is 2120. The first-order valence-corrected chi connectivity index (χ1v) is 17.8. The van der Waals surface area contributed by atoms with Crippen molar-refractivity contribution in [1.82, 2.24) is 0 Å². The van der Waals surface area contributed by atoms with Gasteiger partial charge in [0, 0.05) is 16.2 Å². The fourth-order valence-corrected chi connectivity index (χ4v) is 9.55. The Hall–Kier alpha value is -3.88. The molecular formula is C44H43BS. The summed E-state index contributed by atoms with van der Waals surface area (Å²) in [6.45, 7) is 16.5. The molecule has 0 radical (unpaired) electrons. The molecule has 0 saturated carbocycles. The molecule has 0 nitrogen and oxygen atoms in total. The van der Waals surface area contributed by atoms with E-state index in [0.717, 1.165) is 12.8 Å². The van der Waals surface area contributed by atoms with E-state index < -0.39 is 0 Å². The second kappa shape index (κ2) is 10.6. The van der Waals surface area contributed by atoms with Gasteiger partial charge in [0.25, 0.3) is 6.71 Å². The van der Waals surface area contributed by atoms with Crippen LogP contribution >= 0.6 is 11.3 Å². The molecule has 0 amide bonds. The van der Waals surface area contributed by atoms with Crippen LogP contribution in [0, 0.1) is 6.92 Å². The van der Waals surface area contributed by atoms with E-state index in [0.29, 0.717) is 5.92 Å². The van der Waals surface area contributed by atoms with E-state index in [1.54, 1.807) is 11.0 Å². The van der Waals surface area contributed by atoms with Gasteiger partial charge in [0.1, 0.15) is 0 Å². The van der Waals surface area contributed by atoms with E-state index in [4.69, 9.17) is 0 Å². The maximum Gasteiger partial charge on any atom is 0.256 e. The molecule has 1 atom stereocenters. The molecule has 0 fully saturated rings. The van der Waals surface area contributed by atoms with Crippen LogP contribution in [0.15, 0.2) is 103 Å². The van der Waals surface area contributed by atoms with E-state index in [-0.39, 0.29) is 17.5 Å². The van der Waals surface area contributed by atoms with E-state index >= 15 is 0 Å². The average Bonchev–Trinajstić information content (AvgIpc) is 3.42. The minimum absolute atomic E-state index is 0.0856. The summed E-state index contributed by atoms with van der Waals surface area (Å²) in [4.78, 5) is 1.40. The normalized spacial score (nSPS) is 15.2. The molecule has 2 aliphatic rings. The first-order valence-electron chi connectivity index (χ1n) is 17.0. The quantitative estimate of drug-likeness (QED) is 0.173. The molecule has 8 rings (SSSR count). The largest absolute Gasteiger partial charge is 0.256 e. The van der Waals surface area contributed by atoms with Crippen LogP contribution in [0.4, 0.5) is 0 Å². The first-order chi connectivity index (χ1) is 22.0. The third kappa shape index (κ3) is 4.72. The molecule has 3 heterocycles. The number of thiophene rings is 1. The Morgan fingerprint density at radius 2 is 1.39 bits per heavy atom. The second-order valence-electron chi connectivity index (χ2n) is 15.8. The number of aryl methyl sites for hydroxylation is 2. The van der Waals surface area contributed by atoms with Crippen LogP contribution in [0.5, 0.6) is 0 Å². The summed E-state index contributed by atoms with van der Waals surface area (Å²) in [5.41, 5.74) is 16.2. The Kier molecular flexibility index (Phi) is 6.79. The lowest BCUT2D eigenvalue weighted by atomic mass is 9.32. The maximum absolute atomic E-state index is 2.58. The summed E-state index contributed by atoms with van der Waals surface area (Å²) in [6.07, 6.45) is 2.18. The van der Waals surface area contributed by atoms with Gasteiger partial charge in [-0.05, 0) is 85.3 Å². The predicted octanol–water partition coefficient (Wildman–Crippen LogP) is 10.0.